The van der Waals surface area contributed by atoms with Crippen LogP contribution in [-0.2, 0) is 6.54 Å². The third-order valence-corrected chi connectivity index (χ3v) is 2.19. The summed E-state index contributed by atoms with van der Waals surface area (Å²) in [6, 6.07) is 4.97. The summed E-state index contributed by atoms with van der Waals surface area (Å²) < 4.78 is 18.1. The number of hydrogen-bond acceptors (Lipinski definition) is 4. The summed E-state index contributed by atoms with van der Waals surface area (Å²) in [5.74, 6) is 0.845. The molecule has 0 aliphatic carbocycles. The van der Waals surface area contributed by atoms with Crippen LogP contribution in [0.4, 0.5) is 10.1 Å². The first kappa shape index (κ1) is 10.6. The molecular formula is C11H12FN3O. The maximum absolute atomic E-state index is 13.2. The van der Waals surface area contributed by atoms with E-state index in [9.17, 15) is 4.39 Å². The fraction of sp³-hybridized carbons (Fsp3) is 0.273. The van der Waals surface area contributed by atoms with Gasteiger partial charge >= 0.3 is 0 Å². The van der Waals surface area contributed by atoms with E-state index in [4.69, 9.17) is 4.52 Å². The Hall–Kier alpha value is -1.91. The second-order valence-corrected chi connectivity index (χ2v) is 3.55. The van der Waals surface area contributed by atoms with Crippen LogP contribution in [-0.4, -0.2) is 10.1 Å². The van der Waals surface area contributed by atoms with Crippen molar-refractivity contribution in [1.29, 1.82) is 0 Å². The van der Waals surface area contributed by atoms with Crippen LogP contribution in [0.2, 0.25) is 0 Å². The molecular weight excluding hydrogens is 209 g/mol. The Morgan fingerprint density at radius 3 is 2.81 bits per heavy atom. The Morgan fingerprint density at radius 1 is 1.38 bits per heavy atom. The van der Waals surface area contributed by atoms with Gasteiger partial charge < -0.3 is 9.84 Å². The van der Waals surface area contributed by atoms with Gasteiger partial charge in [-0.15, -0.1) is 0 Å². The molecule has 0 fully saturated rings. The highest BCUT2D eigenvalue weighted by Crippen LogP contribution is 2.14. The minimum Gasteiger partial charge on any atom is -0.376 e. The molecule has 16 heavy (non-hydrogen) atoms. The Kier molecular flexibility index (Phi) is 2.85. The third kappa shape index (κ3) is 2.36. The summed E-state index contributed by atoms with van der Waals surface area (Å²) in [7, 11) is 0. The molecule has 0 atom stereocenters. The first-order valence-electron chi connectivity index (χ1n) is 4.94. The quantitative estimate of drug-likeness (QED) is 0.864. The molecule has 0 spiro atoms. The van der Waals surface area contributed by atoms with Crippen molar-refractivity contribution in [2.75, 3.05) is 5.32 Å². The smallest absolute Gasteiger partial charge is 0.245 e. The molecule has 0 saturated heterocycles. The number of anilines is 1. The normalized spacial score (nSPS) is 10.4. The maximum atomic E-state index is 13.2. The largest absolute Gasteiger partial charge is 0.376 e. The number of rotatable bonds is 3. The van der Waals surface area contributed by atoms with Gasteiger partial charge in [0, 0.05) is 5.69 Å². The molecule has 1 N–H and O–H groups in total. The standard InChI is InChI=1S/C11H12FN3O/c1-7-3-4-9(5-10(7)12)13-6-11-14-8(2)15-16-11/h3-5,13H,6H2,1-2H3. The summed E-state index contributed by atoms with van der Waals surface area (Å²) in [4.78, 5) is 4.03. The molecule has 0 unspecified atom stereocenters. The molecule has 2 rings (SSSR count). The molecule has 5 heteroatoms. The number of benzene rings is 1. The van der Waals surface area contributed by atoms with Crippen molar-refractivity contribution < 1.29 is 8.91 Å². The molecule has 2 aromatic rings. The van der Waals surface area contributed by atoms with Crippen molar-refractivity contribution in [1.82, 2.24) is 10.1 Å². The van der Waals surface area contributed by atoms with E-state index in [1.165, 1.54) is 6.07 Å². The van der Waals surface area contributed by atoms with Crippen LogP contribution in [0.3, 0.4) is 0 Å². The van der Waals surface area contributed by atoms with Gasteiger partial charge in [-0.3, -0.25) is 0 Å². The van der Waals surface area contributed by atoms with Gasteiger partial charge in [0.1, 0.15) is 5.82 Å². The van der Waals surface area contributed by atoms with Gasteiger partial charge in [-0.25, -0.2) is 4.39 Å². The van der Waals surface area contributed by atoms with Crippen LogP contribution in [0.15, 0.2) is 22.7 Å². The Morgan fingerprint density at radius 2 is 2.19 bits per heavy atom. The van der Waals surface area contributed by atoms with E-state index >= 15 is 0 Å². The van der Waals surface area contributed by atoms with Crippen molar-refractivity contribution in [2.45, 2.75) is 20.4 Å². The van der Waals surface area contributed by atoms with E-state index < -0.39 is 0 Å². The number of hydrogen-bond donors (Lipinski definition) is 1. The molecule has 0 radical (unpaired) electrons. The predicted octanol–water partition coefficient (Wildman–Crippen LogP) is 2.44. The number of aromatic nitrogens is 2. The van der Waals surface area contributed by atoms with Crippen molar-refractivity contribution in [3.63, 3.8) is 0 Å². The van der Waals surface area contributed by atoms with Crippen LogP contribution >= 0.6 is 0 Å². The number of aryl methyl sites for hydroxylation is 2. The molecule has 0 aliphatic heterocycles. The van der Waals surface area contributed by atoms with E-state index in [1.807, 2.05) is 6.07 Å². The molecule has 0 saturated carbocycles. The zero-order valence-corrected chi connectivity index (χ0v) is 9.12. The van der Waals surface area contributed by atoms with Crippen LogP contribution in [0, 0.1) is 19.7 Å². The van der Waals surface area contributed by atoms with Crippen molar-refractivity contribution in [2.24, 2.45) is 0 Å². The van der Waals surface area contributed by atoms with E-state index in [0.717, 1.165) is 0 Å². The van der Waals surface area contributed by atoms with E-state index in [1.54, 1.807) is 19.9 Å². The van der Waals surface area contributed by atoms with E-state index in [0.29, 0.717) is 29.5 Å². The molecule has 1 heterocycles. The average molecular weight is 221 g/mol. The Balaban J connectivity index is 2.02. The Labute approximate surface area is 92.5 Å². The summed E-state index contributed by atoms with van der Waals surface area (Å²) >= 11 is 0. The number of halogens is 1. The monoisotopic (exact) mass is 221 g/mol. The summed E-state index contributed by atoms with van der Waals surface area (Å²) in [5.41, 5.74) is 1.32. The SMILES string of the molecule is Cc1noc(CNc2ccc(C)c(F)c2)n1. The summed E-state index contributed by atoms with van der Waals surface area (Å²) in [5, 5.41) is 6.67. The lowest BCUT2D eigenvalue weighted by Crippen LogP contribution is -2.00. The van der Waals surface area contributed by atoms with Gasteiger partial charge in [0.15, 0.2) is 5.82 Å². The fourth-order valence-corrected chi connectivity index (χ4v) is 1.29. The lowest BCUT2D eigenvalue weighted by Gasteiger charge is -2.04. The van der Waals surface area contributed by atoms with Crippen LogP contribution in [0.5, 0.6) is 0 Å². The highest BCUT2D eigenvalue weighted by atomic mass is 19.1. The van der Waals surface area contributed by atoms with Gasteiger partial charge in [-0.05, 0) is 31.5 Å². The summed E-state index contributed by atoms with van der Waals surface area (Å²) in [6.07, 6.45) is 0. The minimum atomic E-state index is -0.230. The van der Waals surface area contributed by atoms with E-state index in [2.05, 4.69) is 15.5 Å². The second kappa shape index (κ2) is 4.30. The van der Waals surface area contributed by atoms with Gasteiger partial charge in [0.25, 0.3) is 0 Å². The molecule has 4 nitrogen and oxygen atoms in total. The fourth-order valence-electron chi connectivity index (χ4n) is 1.29. The number of nitrogens with zero attached hydrogens (tertiary/aromatic N) is 2. The molecule has 1 aromatic carbocycles. The van der Waals surface area contributed by atoms with Gasteiger partial charge in [-0.1, -0.05) is 11.2 Å². The molecule has 0 aliphatic rings. The zero-order chi connectivity index (χ0) is 11.5. The van der Waals surface area contributed by atoms with Crippen molar-refractivity contribution >= 4 is 5.69 Å². The van der Waals surface area contributed by atoms with Crippen LogP contribution in [0.25, 0.3) is 0 Å². The van der Waals surface area contributed by atoms with Gasteiger partial charge in [0.2, 0.25) is 5.89 Å². The first-order chi connectivity index (χ1) is 7.65. The molecule has 84 valence electrons. The predicted molar refractivity (Wildman–Crippen MR) is 57.5 cm³/mol. The van der Waals surface area contributed by atoms with Crippen molar-refractivity contribution in [3.05, 3.63) is 41.3 Å². The first-order valence-corrected chi connectivity index (χ1v) is 4.94. The van der Waals surface area contributed by atoms with Crippen LogP contribution in [0.1, 0.15) is 17.3 Å². The molecule has 0 bridgehead atoms. The maximum Gasteiger partial charge on any atom is 0.245 e. The molecule has 1 aromatic heterocycles. The van der Waals surface area contributed by atoms with Gasteiger partial charge in [0.05, 0.1) is 6.54 Å². The van der Waals surface area contributed by atoms with Crippen molar-refractivity contribution in [3.8, 4) is 0 Å². The zero-order valence-electron chi connectivity index (χ0n) is 9.12. The van der Waals surface area contributed by atoms with E-state index in [-0.39, 0.29) is 5.82 Å². The lowest BCUT2D eigenvalue weighted by molar-refractivity contribution is 0.379. The minimum absolute atomic E-state index is 0.230. The number of nitrogens with one attached hydrogen (secondary N) is 1. The highest BCUT2D eigenvalue weighted by molar-refractivity contribution is 5.45. The van der Waals surface area contributed by atoms with Crippen LogP contribution < -0.4 is 5.32 Å². The highest BCUT2D eigenvalue weighted by Gasteiger charge is 2.03. The second-order valence-electron chi connectivity index (χ2n) is 3.55. The topological polar surface area (TPSA) is 51.0 Å². The third-order valence-electron chi connectivity index (χ3n) is 2.19. The Bertz CT molecular complexity index is 496. The molecule has 0 amide bonds. The summed E-state index contributed by atoms with van der Waals surface area (Å²) in [6.45, 7) is 3.86. The average Bonchev–Trinajstić information content (AvgIpc) is 2.66. The lowest BCUT2D eigenvalue weighted by atomic mass is 10.2. The van der Waals surface area contributed by atoms with Gasteiger partial charge in [-0.2, -0.15) is 4.98 Å².